The van der Waals surface area contributed by atoms with Crippen molar-refractivity contribution in [1.29, 1.82) is 0 Å². The molecule has 1 heterocycles. The number of hydrogen-bond donors (Lipinski definition) is 1. The molecule has 0 radical (unpaired) electrons. The molecule has 3 rings (SSSR count). The van der Waals surface area contributed by atoms with Gasteiger partial charge >= 0.3 is 0 Å². The molecular formula is C17H20Cl2N4OS. The summed E-state index contributed by atoms with van der Waals surface area (Å²) in [5, 5.41) is 13.1. The van der Waals surface area contributed by atoms with Crippen molar-refractivity contribution >= 4 is 40.9 Å². The highest BCUT2D eigenvalue weighted by molar-refractivity contribution is 8.00. The minimum absolute atomic E-state index is 0.0699. The van der Waals surface area contributed by atoms with Gasteiger partial charge < -0.3 is 9.88 Å². The smallest absolute Gasteiger partial charge is 0.233 e. The molecule has 8 heteroatoms. The summed E-state index contributed by atoms with van der Waals surface area (Å²) in [6.45, 7) is 3.76. The normalized spacial score (nSPS) is 16.5. The Hall–Kier alpha value is -1.24. The molecule has 2 atom stereocenters. The molecule has 0 unspecified atom stereocenters. The number of nitrogens with zero attached hydrogens (tertiary/aromatic N) is 3. The van der Waals surface area contributed by atoms with Gasteiger partial charge in [0.1, 0.15) is 5.82 Å². The molecule has 1 aliphatic rings. The van der Waals surface area contributed by atoms with E-state index in [1.54, 1.807) is 12.1 Å². The Bertz CT molecular complexity index is 791. The number of aromatic nitrogens is 3. The summed E-state index contributed by atoms with van der Waals surface area (Å²) in [5.41, 5.74) is 0.839. The molecule has 1 N–H and O–H groups in total. The lowest BCUT2D eigenvalue weighted by atomic mass is 10.1. The van der Waals surface area contributed by atoms with E-state index >= 15 is 0 Å². The maximum Gasteiger partial charge on any atom is 0.233 e. The quantitative estimate of drug-likeness (QED) is 0.734. The number of carbonyl (C=O) groups excluding carboxylic acids is 1. The Morgan fingerprint density at radius 2 is 2.04 bits per heavy atom. The van der Waals surface area contributed by atoms with Crippen LogP contribution in [0.2, 0.25) is 10.0 Å². The van der Waals surface area contributed by atoms with Crippen molar-refractivity contribution in [2.45, 2.75) is 49.1 Å². The first-order chi connectivity index (χ1) is 11.9. The molecule has 134 valence electrons. The predicted molar refractivity (Wildman–Crippen MR) is 101 cm³/mol. The number of carbonyl (C=O) groups is 1. The van der Waals surface area contributed by atoms with E-state index in [4.69, 9.17) is 23.2 Å². The maximum atomic E-state index is 12.5. The summed E-state index contributed by atoms with van der Waals surface area (Å²) in [6, 6.07) is 5.07. The van der Waals surface area contributed by atoms with E-state index in [-0.39, 0.29) is 17.2 Å². The van der Waals surface area contributed by atoms with Crippen LogP contribution in [-0.2, 0) is 11.8 Å². The van der Waals surface area contributed by atoms with Gasteiger partial charge in [0.05, 0.1) is 11.3 Å². The number of hydrogen-bond acceptors (Lipinski definition) is 4. The van der Waals surface area contributed by atoms with Crippen molar-refractivity contribution in [2.24, 2.45) is 7.05 Å². The van der Waals surface area contributed by atoms with Gasteiger partial charge in [-0.15, -0.1) is 10.2 Å². The molecule has 1 amide bonds. The van der Waals surface area contributed by atoms with Crippen LogP contribution in [0.25, 0.3) is 0 Å². The number of amides is 1. The summed E-state index contributed by atoms with van der Waals surface area (Å²) in [6.07, 6.45) is 2.35. The molecule has 2 aromatic rings. The molecule has 0 bridgehead atoms. The monoisotopic (exact) mass is 398 g/mol. The van der Waals surface area contributed by atoms with Gasteiger partial charge in [0, 0.05) is 23.0 Å². The number of thioether (sulfide) groups is 1. The third-order valence-corrected chi connectivity index (χ3v) is 5.95. The van der Waals surface area contributed by atoms with Crippen LogP contribution in [0.5, 0.6) is 0 Å². The standard InChI is InChI=1S/C17H20Cl2N4OS/c1-9(13-7-6-12(18)8-14(13)19)20-16(24)10(2)25-17-22-21-15(23(17)3)11-4-5-11/h6-11H,4-5H2,1-3H3,(H,20,24)/t9-,10-/m1/s1. The van der Waals surface area contributed by atoms with Crippen LogP contribution < -0.4 is 5.32 Å². The summed E-state index contributed by atoms with van der Waals surface area (Å²) in [5.74, 6) is 1.47. The molecule has 5 nitrogen and oxygen atoms in total. The molecular weight excluding hydrogens is 379 g/mol. The zero-order valence-electron chi connectivity index (χ0n) is 14.3. The first-order valence-electron chi connectivity index (χ1n) is 8.18. The van der Waals surface area contributed by atoms with Gasteiger partial charge in [0.25, 0.3) is 0 Å². The third kappa shape index (κ3) is 4.30. The van der Waals surface area contributed by atoms with Crippen molar-refractivity contribution in [3.63, 3.8) is 0 Å². The second kappa shape index (κ2) is 7.56. The summed E-state index contributed by atoms with van der Waals surface area (Å²) < 4.78 is 1.99. The molecule has 1 aromatic carbocycles. The van der Waals surface area contributed by atoms with E-state index in [1.807, 2.05) is 31.5 Å². The Morgan fingerprint density at radius 3 is 2.68 bits per heavy atom. The fourth-order valence-corrected chi connectivity index (χ4v) is 4.00. The predicted octanol–water partition coefficient (Wildman–Crippen LogP) is 4.36. The zero-order chi connectivity index (χ0) is 18.1. The minimum atomic E-state index is -0.288. The number of nitrogens with one attached hydrogen (secondary N) is 1. The summed E-state index contributed by atoms with van der Waals surface area (Å²) in [7, 11) is 1.96. The van der Waals surface area contributed by atoms with Gasteiger partial charge in [-0.2, -0.15) is 0 Å². The van der Waals surface area contributed by atoms with Crippen LogP contribution in [0.4, 0.5) is 0 Å². The molecule has 0 aliphatic heterocycles. The molecule has 0 saturated heterocycles. The number of halogens is 2. The molecule has 1 saturated carbocycles. The lowest BCUT2D eigenvalue weighted by molar-refractivity contribution is -0.120. The van der Waals surface area contributed by atoms with Gasteiger partial charge in [-0.1, -0.05) is 41.0 Å². The number of rotatable bonds is 6. The molecule has 1 fully saturated rings. The highest BCUT2D eigenvalue weighted by atomic mass is 35.5. The van der Waals surface area contributed by atoms with Gasteiger partial charge in [-0.25, -0.2) is 0 Å². The van der Waals surface area contributed by atoms with Crippen LogP contribution >= 0.6 is 35.0 Å². The van der Waals surface area contributed by atoms with Crippen molar-refractivity contribution in [3.8, 4) is 0 Å². The molecule has 1 aromatic heterocycles. The van der Waals surface area contributed by atoms with Crippen LogP contribution in [0.1, 0.15) is 50.0 Å². The van der Waals surface area contributed by atoms with Gasteiger partial charge in [-0.05, 0) is 44.4 Å². The average molecular weight is 399 g/mol. The van der Waals surface area contributed by atoms with Crippen LogP contribution in [0, 0.1) is 0 Å². The van der Waals surface area contributed by atoms with Crippen molar-refractivity contribution in [1.82, 2.24) is 20.1 Å². The van der Waals surface area contributed by atoms with E-state index in [9.17, 15) is 4.79 Å². The second-order valence-electron chi connectivity index (χ2n) is 6.33. The van der Waals surface area contributed by atoms with E-state index in [0.29, 0.717) is 16.0 Å². The fourth-order valence-electron chi connectivity index (χ4n) is 2.60. The van der Waals surface area contributed by atoms with E-state index < -0.39 is 0 Å². The van der Waals surface area contributed by atoms with Gasteiger partial charge in [0.2, 0.25) is 5.91 Å². The van der Waals surface area contributed by atoms with Gasteiger partial charge in [-0.3, -0.25) is 4.79 Å². The number of benzene rings is 1. The highest BCUT2D eigenvalue weighted by Crippen LogP contribution is 2.39. The minimum Gasteiger partial charge on any atom is -0.349 e. The lowest BCUT2D eigenvalue weighted by Crippen LogP contribution is -2.33. The second-order valence-corrected chi connectivity index (χ2v) is 8.48. The average Bonchev–Trinajstić information content (AvgIpc) is 3.32. The zero-order valence-corrected chi connectivity index (χ0v) is 16.6. The van der Waals surface area contributed by atoms with E-state index in [1.165, 1.54) is 24.6 Å². The highest BCUT2D eigenvalue weighted by Gasteiger charge is 2.30. The Labute approximate surface area is 161 Å². The molecule has 1 aliphatic carbocycles. The fraction of sp³-hybridized carbons (Fsp3) is 0.471. The topological polar surface area (TPSA) is 59.8 Å². The van der Waals surface area contributed by atoms with Crippen molar-refractivity contribution in [3.05, 3.63) is 39.6 Å². The first-order valence-corrected chi connectivity index (χ1v) is 9.81. The summed E-state index contributed by atoms with van der Waals surface area (Å²) in [4.78, 5) is 12.5. The van der Waals surface area contributed by atoms with Gasteiger partial charge in [0.15, 0.2) is 5.16 Å². The van der Waals surface area contributed by atoms with E-state index in [0.717, 1.165) is 16.5 Å². The summed E-state index contributed by atoms with van der Waals surface area (Å²) >= 11 is 13.5. The lowest BCUT2D eigenvalue weighted by Gasteiger charge is -2.18. The third-order valence-electron chi connectivity index (χ3n) is 4.25. The van der Waals surface area contributed by atoms with E-state index in [2.05, 4.69) is 15.5 Å². The van der Waals surface area contributed by atoms with Crippen LogP contribution in [0.15, 0.2) is 23.4 Å². The van der Waals surface area contributed by atoms with Crippen LogP contribution in [-0.4, -0.2) is 25.9 Å². The molecule has 0 spiro atoms. The first kappa shape index (κ1) is 18.5. The van der Waals surface area contributed by atoms with Crippen molar-refractivity contribution < 1.29 is 4.79 Å². The maximum absolute atomic E-state index is 12.5. The SMILES string of the molecule is C[C@@H](Sc1nnc(C2CC2)n1C)C(=O)N[C@H](C)c1ccc(Cl)cc1Cl. The Kier molecular flexibility index (Phi) is 5.61. The Morgan fingerprint density at radius 1 is 1.32 bits per heavy atom. The Balaban J connectivity index is 1.62. The van der Waals surface area contributed by atoms with Crippen LogP contribution in [0.3, 0.4) is 0 Å². The largest absolute Gasteiger partial charge is 0.349 e. The van der Waals surface area contributed by atoms with Crippen molar-refractivity contribution in [2.75, 3.05) is 0 Å². The molecule has 25 heavy (non-hydrogen) atoms.